The molecule has 1 aromatic carbocycles. The van der Waals surface area contributed by atoms with Crippen LogP contribution in [0.5, 0.6) is 0 Å². The molecule has 2 heterocycles. The second kappa shape index (κ2) is 6.95. The zero-order valence-electron chi connectivity index (χ0n) is 14.4. The fraction of sp³-hybridized carbons (Fsp3) is 0.350. The largest absolute Gasteiger partial charge is 0.469 e. The van der Waals surface area contributed by atoms with Gasteiger partial charge in [-0.3, -0.25) is 4.79 Å². The van der Waals surface area contributed by atoms with Crippen molar-refractivity contribution in [2.75, 3.05) is 6.54 Å². The van der Waals surface area contributed by atoms with Crippen molar-refractivity contribution >= 4 is 16.9 Å². The van der Waals surface area contributed by atoms with E-state index in [0.29, 0.717) is 25.3 Å². The van der Waals surface area contributed by atoms with Crippen molar-refractivity contribution in [3.05, 3.63) is 59.2 Å². The van der Waals surface area contributed by atoms with Gasteiger partial charge in [0.15, 0.2) is 0 Å². The van der Waals surface area contributed by atoms with Gasteiger partial charge in [-0.1, -0.05) is 13.8 Å². The summed E-state index contributed by atoms with van der Waals surface area (Å²) in [6.07, 6.45) is 4.36. The Kier molecular flexibility index (Phi) is 4.74. The third-order valence-electron chi connectivity index (χ3n) is 4.29. The Morgan fingerprint density at radius 1 is 1.25 bits per heavy atom. The molecule has 0 saturated heterocycles. The molecule has 126 valence electrons. The zero-order valence-corrected chi connectivity index (χ0v) is 14.4. The lowest BCUT2D eigenvalue weighted by atomic mass is 9.95. The minimum Gasteiger partial charge on any atom is -0.469 e. The number of hydrogen-bond acceptors (Lipinski definition) is 3. The highest BCUT2D eigenvalue weighted by atomic mass is 16.3. The number of carbonyl (C=O) groups is 1. The highest BCUT2D eigenvalue weighted by Crippen LogP contribution is 2.29. The summed E-state index contributed by atoms with van der Waals surface area (Å²) in [5.74, 6) is 1.32. The van der Waals surface area contributed by atoms with E-state index < -0.39 is 0 Å². The van der Waals surface area contributed by atoms with Crippen LogP contribution in [0.15, 0.2) is 45.6 Å². The third kappa shape index (κ3) is 3.53. The molecule has 0 aliphatic carbocycles. The van der Waals surface area contributed by atoms with E-state index in [1.165, 1.54) is 11.1 Å². The molecule has 3 rings (SSSR count). The lowest BCUT2D eigenvalue weighted by molar-refractivity contribution is -0.120. The molecule has 0 fully saturated rings. The second-order valence-corrected chi connectivity index (χ2v) is 6.48. The van der Waals surface area contributed by atoms with Gasteiger partial charge in [-0.05, 0) is 48.2 Å². The van der Waals surface area contributed by atoms with Crippen LogP contribution < -0.4 is 5.32 Å². The molecule has 3 aromatic rings. The molecule has 0 aliphatic heterocycles. The molecule has 4 heteroatoms. The highest BCUT2D eigenvalue weighted by Gasteiger charge is 2.13. The minimum atomic E-state index is -0.00377. The molecule has 24 heavy (non-hydrogen) atoms. The maximum atomic E-state index is 12.2. The Bertz CT molecular complexity index is 828. The molecule has 0 atom stereocenters. The molecular weight excluding hydrogens is 302 g/mol. The standard InChI is InChI=1S/C20H23NO3/c1-13(2)17-11-18-15(12-24-19(18)9-14(17)3)10-20(22)21-7-6-16-5-4-8-23-16/h4-5,8-9,11-13H,6-7,10H2,1-3H3,(H,21,22). The van der Waals surface area contributed by atoms with E-state index in [2.05, 4.69) is 38.2 Å². The van der Waals surface area contributed by atoms with Crippen molar-refractivity contribution in [1.29, 1.82) is 0 Å². The monoisotopic (exact) mass is 325 g/mol. The first-order valence-corrected chi connectivity index (χ1v) is 8.34. The van der Waals surface area contributed by atoms with Crippen LogP contribution in [0.2, 0.25) is 0 Å². The van der Waals surface area contributed by atoms with E-state index in [4.69, 9.17) is 8.83 Å². The number of amides is 1. The SMILES string of the molecule is Cc1cc2occ(CC(=O)NCCc3ccco3)c2cc1C(C)C. The summed E-state index contributed by atoms with van der Waals surface area (Å²) in [4.78, 5) is 12.2. The highest BCUT2D eigenvalue weighted by molar-refractivity contribution is 5.88. The van der Waals surface area contributed by atoms with Gasteiger partial charge in [0.1, 0.15) is 11.3 Å². The van der Waals surface area contributed by atoms with E-state index in [1.807, 2.05) is 12.1 Å². The smallest absolute Gasteiger partial charge is 0.224 e. The van der Waals surface area contributed by atoms with Crippen LogP contribution in [-0.4, -0.2) is 12.5 Å². The zero-order chi connectivity index (χ0) is 17.1. The fourth-order valence-corrected chi connectivity index (χ4v) is 3.02. The first-order chi connectivity index (χ1) is 11.5. The second-order valence-electron chi connectivity index (χ2n) is 6.48. The Hall–Kier alpha value is -2.49. The van der Waals surface area contributed by atoms with Crippen molar-refractivity contribution < 1.29 is 13.6 Å². The van der Waals surface area contributed by atoms with Crippen LogP contribution in [0.4, 0.5) is 0 Å². The predicted octanol–water partition coefficient (Wildman–Crippen LogP) is 4.36. The number of hydrogen-bond donors (Lipinski definition) is 1. The van der Waals surface area contributed by atoms with Gasteiger partial charge >= 0.3 is 0 Å². The summed E-state index contributed by atoms with van der Waals surface area (Å²) in [6.45, 7) is 7.02. The predicted molar refractivity (Wildman–Crippen MR) is 94.2 cm³/mol. The molecule has 0 spiro atoms. The van der Waals surface area contributed by atoms with Gasteiger partial charge in [0.25, 0.3) is 0 Å². The van der Waals surface area contributed by atoms with Gasteiger partial charge in [-0.2, -0.15) is 0 Å². The van der Waals surface area contributed by atoms with Crippen LogP contribution in [0, 0.1) is 6.92 Å². The topological polar surface area (TPSA) is 55.4 Å². The fourth-order valence-electron chi connectivity index (χ4n) is 3.02. The minimum absolute atomic E-state index is 0.00377. The van der Waals surface area contributed by atoms with E-state index in [1.54, 1.807) is 12.5 Å². The lowest BCUT2D eigenvalue weighted by Gasteiger charge is -2.10. The molecule has 0 aliphatic rings. The number of furan rings is 2. The van der Waals surface area contributed by atoms with Crippen molar-refractivity contribution in [2.24, 2.45) is 0 Å². The molecule has 4 nitrogen and oxygen atoms in total. The van der Waals surface area contributed by atoms with E-state index >= 15 is 0 Å². The van der Waals surface area contributed by atoms with Crippen LogP contribution in [0.1, 0.15) is 42.2 Å². The third-order valence-corrected chi connectivity index (χ3v) is 4.29. The molecule has 0 unspecified atom stereocenters. The van der Waals surface area contributed by atoms with Crippen LogP contribution in [0.25, 0.3) is 11.0 Å². The van der Waals surface area contributed by atoms with Crippen LogP contribution in [0.3, 0.4) is 0 Å². The van der Waals surface area contributed by atoms with Gasteiger partial charge in [-0.25, -0.2) is 0 Å². The number of aryl methyl sites for hydroxylation is 1. The number of benzene rings is 1. The van der Waals surface area contributed by atoms with Crippen LogP contribution >= 0.6 is 0 Å². The van der Waals surface area contributed by atoms with E-state index in [-0.39, 0.29) is 5.91 Å². The van der Waals surface area contributed by atoms with E-state index in [0.717, 1.165) is 22.3 Å². The average molecular weight is 325 g/mol. The quantitative estimate of drug-likeness (QED) is 0.732. The first kappa shape index (κ1) is 16.4. The summed E-state index contributed by atoms with van der Waals surface area (Å²) in [5, 5.41) is 3.96. The molecular formula is C20H23NO3. The number of rotatable bonds is 6. The maximum Gasteiger partial charge on any atom is 0.224 e. The molecule has 1 amide bonds. The van der Waals surface area contributed by atoms with Gasteiger partial charge in [0.05, 0.1) is 18.9 Å². The number of fused-ring (bicyclic) bond motifs is 1. The van der Waals surface area contributed by atoms with Crippen LogP contribution in [-0.2, 0) is 17.6 Å². The molecule has 0 radical (unpaired) electrons. The molecule has 0 bridgehead atoms. The summed E-state index contributed by atoms with van der Waals surface area (Å²) < 4.78 is 10.9. The Labute approximate surface area is 141 Å². The lowest BCUT2D eigenvalue weighted by Crippen LogP contribution is -2.27. The van der Waals surface area contributed by atoms with Gasteiger partial charge in [0.2, 0.25) is 5.91 Å². The van der Waals surface area contributed by atoms with Gasteiger partial charge in [-0.15, -0.1) is 0 Å². The Morgan fingerprint density at radius 3 is 2.79 bits per heavy atom. The molecule has 0 saturated carbocycles. The molecule has 2 aromatic heterocycles. The van der Waals surface area contributed by atoms with Crippen molar-refractivity contribution in [1.82, 2.24) is 5.32 Å². The summed E-state index contributed by atoms with van der Waals surface area (Å²) in [6, 6.07) is 7.97. The summed E-state index contributed by atoms with van der Waals surface area (Å²) in [7, 11) is 0. The van der Waals surface area contributed by atoms with E-state index in [9.17, 15) is 4.79 Å². The van der Waals surface area contributed by atoms with Gasteiger partial charge in [0, 0.05) is 23.9 Å². The van der Waals surface area contributed by atoms with Crippen molar-refractivity contribution in [2.45, 2.75) is 39.5 Å². The summed E-state index contributed by atoms with van der Waals surface area (Å²) in [5.41, 5.74) is 4.29. The van der Waals surface area contributed by atoms with Gasteiger partial charge < -0.3 is 14.2 Å². The maximum absolute atomic E-state index is 12.2. The summed E-state index contributed by atoms with van der Waals surface area (Å²) >= 11 is 0. The molecule has 1 N–H and O–H groups in total. The Balaban J connectivity index is 1.68. The first-order valence-electron chi connectivity index (χ1n) is 8.34. The van der Waals surface area contributed by atoms with Crippen molar-refractivity contribution in [3.63, 3.8) is 0 Å². The number of carbonyl (C=O) groups excluding carboxylic acids is 1. The Morgan fingerprint density at radius 2 is 2.08 bits per heavy atom. The van der Waals surface area contributed by atoms with Crippen molar-refractivity contribution in [3.8, 4) is 0 Å². The number of nitrogens with one attached hydrogen (secondary N) is 1. The average Bonchev–Trinajstić information content (AvgIpc) is 3.16. The normalized spacial score (nSPS) is 11.3.